The number of fused-ring (bicyclic) bond motifs is 2. The molecular formula is C25H29N5O4. The summed E-state index contributed by atoms with van der Waals surface area (Å²) in [6.45, 7) is 0. The molecule has 34 heavy (non-hydrogen) atoms. The Hall–Kier alpha value is -3.85. The van der Waals surface area contributed by atoms with E-state index in [4.69, 9.17) is 5.21 Å². The average Bonchev–Trinajstić information content (AvgIpc) is 3.24. The van der Waals surface area contributed by atoms with Crippen molar-refractivity contribution in [2.45, 2.75) is 51.0 Å². The molecule has 9 heteroatoms. The zero-order chi connectivity index (χ0) is 23.9. The van der Waals surface area contributed by atoms with E-state index in [1.54, 1.807) is 11.5 Å². The molecule has 2 aromatic carbocycles. The Balaban J connectivity index is 1.27. The summed E-state index contributed by atoms with van der Waals surface area (Å²) >= 11 is 0. The van der Waals surface area contributed by atoms with E-state index in [1.165, 1.54) is 0 Å². The van der Waals surface area contributed by atoms with Crippen molar-refractivity contribution in [2.24, 2.45) is 0 Å². The molecule has 1 aliphatic rings. The fraction of sp³-hybridized carbons (Fsp3) is 0.320. The van der Waals surface area contributed by atoms with Crippen LogP contribution in [0, 0.1) is 0 Å². The maximum absolute atomic E-state index is 12.7. The van der Waals surface area contributed by atoms with Crippen LogP contribution >= 0.6 is 0 Å². The highest BCUT2D eigenvalue weighted by Crippen LogP contribution is 2.31. The second kappa shape index (κ2) is 10.8. The molecule has 3 amide bonds. The molecule has 1 aromatic heterocycles. The van der Waals surface area contributed by atoms with E-state index in [-0.39, 0.29) is 18.2 Å². The molecule has 6 N–H and O–H groups in total. The molecule has 1 atom stereocenters. The van der Waals surface area contributed by atoms with Gasteiger partial charge < -0.3 is 20.9 Å². The number of aromatic nitrogens is 1. The van der Waals surface area contributed by atoms with Gasteiger partial charge in [-0.05, 0) is 42.7 Å². The van der Waals surface area contributed by atoms with Crippen molar-refractivity contribution in [2.75, 3.05) is 16.0 Å². The minimum absolute atomic E-state index is 0.0969. The third kappa shape index (κ3) is 5.74. The van der Waals surface area contributed by atoms with Gasteiger partial charge in [-0.15, -0.1) is 0 Å². The number of hydroxylamine groups is 1. The molecule has 3 aromatic rings. The molecule has 9 nitrogen and oxygen atoms in total. The lowest BCUT2D eigenvalue weighted by atomic mass is 10.0. The van der Waals surface area contributed by atoms with Crippen LogP contribution in [0.1, 0.15) is 44.1 Å². The van der Waals surface area contributed by atoms with Crippen molar-refractivity contribution >= 4 is 45.7 Å². The van der Waals surface area contributed by atoms with E-state index in [1.807, 2.05) is 42.6 Å². The van der Waals surface area contributed by atoms with E-state index in [0.717, 1.165) is 35.0 Å². The molecule has 0 bridgehead atoms. The number of nitrogens with one attached hydrogen (secondary N) is 5. The number of unbranched alkanes of at least 4 members (excludes halogenated alkanes) is 3. The van der Waals surface area contributed by atoms with Crippen molar-refractivity contribution in [3.63, 3.8) is 0 Å². The van der Waals surface area contributed by atoms with Crippen LogP contribution < -0.4 is 21.4 Å². The van der Waals surface area contributed by atoms with Crippen LogP contribution in [0.4, 0.5) is 17.1 Å². The number of aromatic amines is 1. The summed E-state index contributed by atoms with van der Waals surface area (Å²) in [6, 6.07) is 13.1. The predicted molar refractivity (Wildman–Crippen MR) is 131 cm³/mol. The normalized spacial score (nSPS) is 14.7. The number of benzene rings is 2. The highest BCUT2D eigenvalue weighted by molar-refractivity contribution is 6.04. The first kappa shape index (κ1) is 23.3. The summed E-state index contributed by atoms with van der Waals surface area (Å²) in [5, 5.41) is 18.7. The summed E-state index contributed by atoms with van der Waals surface area (Å²) in [7, 11) is 0. The number of H-pyrrole nitrogens is 1. The van der Waals surface area contributed by atoms with Gasteiger partial charge in [0.1, 0.15) is 6.04 Å². The van der Waals surface area contributed by atoms with Crippen LogP contribution in [0.5, 0.6) is 0 Å². The third-order valence-corrected chi connectivity index (χ3v) is 5.99. The average molecular weight is 464 g/mol. The third-order valence-electron chi connectivity index (χ3n) is 5.99. The number of carbonyl (C=O) groups excluding carboxylic acids is 3. The SMILES string of the molecule is O=C(CCCCCCC(=O)Nc1ccc2c(c1)NC(=O)[C@@H](Cc1c[nH]c3ccccc13)N2)NO. The highest BCUT2D eigenvalue weighted by atomic mass is 16.5. The number of hydrogen-bond donors (Lipinski definition) is 6. The Labute approximate surface area is 197 Å². The summed E-state index contributed by atoms with van der Waals surface area (Å²) in [4.78, 5) is 39.2. The zero-order valence-corrected chi connectivity index (χ0v) is 18.8. The monoisotopic (exact) mass is 463 g/mol. The van der Waals surface area contributed by atoms with E-state index in [0.29, 0.717) is 37.1 Å². The number of rotatable bonds is 10. The zero-order valence-electron chi connectivity index (χ0n) is 18.8. The summed E-state index contributed by atoms with van der Waals surface area (Å²) in [5.74, 6) is -0.604. The van der Waals surface area contributed by atoms with Crippen molar-refractivity contribution < 1.29 is 19.6 Å². The molecule has 1 aliphatic heterocycles. The van der Waals surface area contributed by atoms with E-state index >= 15 is 0 Å². The van der Waals surface area contributed by atoms with Gasteiger partial charge in [-0.3, -0.25) is 19.6 Å². The Morgan fingerprint density at radius 2 is 1.71 bits per heavy atom. The van der Waals surface area contributed by atoms with Crippen LogP contribution in [-0.2, 0) is 20.8 Å². The molecule has 4 rings (SSSR count). The molecular weight excluding hydrogens is 434 g/mol. The number of anilines is 3. The van der Waals surface area contributed by atoms with Gasteiger partial charge in [0, 0.05) is 42.0 Å². The van der Waals surface area contributed by atoms with Gasteiger partial charge >= 0.3 is 0 Å². The van der Waals surface area contributed by atoms with Crippen molar-refractivity contribution in [1.82, 2.24) is 10.5 Å². The predicted octanol–water partition coefficient (Wildman–Crippen LogP) is 3.93. The lowest BCUT2D eigenvalue weighted by molar-refractivity contribution is -0.129. The smallest absolute Gasteiger partial charge is 0.247 e. The maximum Gasteiger partial charge on any atom is 0.247 e. The van der Waals surface area contributed by atoms with Crippen LogP contribution in [0.15, 0.2) is 48.7 Å². The number of para-hydroxylation sites is 1. The summed E-state index contributed by atoms with van der Waals surface area (Å²) < 4.78 is 0. The molecule has 0 saturated heterocycles. The van der Waals surface area contributed by atoms with Gasteiger partial charge in [0.2, 0.25) is 17.7 Å². The second-order valence-corrected chi connectivity index (χ2v) is 8.51. The van der Waals surface area contributed by atoms with Gasteiger partial charge in [-0.1, -0.05) is 31.0 Å². The number of hydrogen-bond acceptors (Lipinski definition) is 5. The minimum atomic E-state index is -0.393. The molecule has 0 saturated carbocycles. The fourth-order valence-electron chi connectivity index (χ4n) is 4.19. The Morgan fingerprint density at radius 3 is 2.50 bits per heavy atom. The molecule has 2 heterocycles. The van der Waals surface area contributed by atoms with Gasteiger partial charge in [0.15, 0.2) is 0 Å². The van der Waals surface area contributed by atoms with Crippen molar-refractivity contribution in [3.05, 3.63) is 54.2 Å². The molecule has 0 fully saturated rings. The minimum Gasteiger partial charge on any atom is -0.372 e. The van der Waals surface area contributed by atoms with E-state index in [2.05, 4.69) is 20.9 Å². The maximum atomic E-state index is 12.7. The fourth-order valence-corrected chi connectivity index (χ4v) is 4.19. The summed E-state index contributed by atoms with van der Waals surface area (Å²) in [6.07, 6.45) is 6.18. The lowest BCUT2D eigenvalue weighted by Gasteiger charge is -2.27. The van der Waals surface area contributed by atoms with E-state index in [9.17, 15) is 14.4 Å². The van der Waals surface area contributed by atoms with Crippen molar-refractivity contribution in [1.29, 1.82) is 0 Å². The van der Waals surface area contributed by atoms with Gasteiger partial charge in [0.25, 0.3) is 0 Å². The summed E-state index contributed by atoms with van der Waals surface area (Å²) in [5.41, 5.74) is 5.81. The molecule has 0 spiro atoms. The first-order chi connectivity index (χ1) is 16.5. The number of carbonyl (C=O) groups is 3. The second-order valence-electron chi connectivity index (χ2n) is 8.51. The van der Waals surface area contributed by atoms with E-state index < -0.39 is 11.9 Å². The van der Waals surface area contributed by atoms with Crippen molar-refractivity contribution in [3.8, 4) is 0 Å². The standard InChI is InChI=1S/C25H29N5O4/c31-23(9-3-1-2-4-10-24(32)30-34)27-17-11-12-20-21(14-17)29-25(33)22(28-20)13-16-15-26-19-8-6-5-7-18(16)19/h5-8,11-12,14-15,22,26,28,34H,1-4,9-10,13H2,(H,27,31)(H,29,33)(H,30,32)/t22-/m1/s1. The van der Waals surface area contributed by atoms with Gasteiger partial charge in [-0.2, -0.15) is 0 Å². The highest BCUT2D eigenvalue weighted by Gasteiger charge is 2.26. The largest absolute Gasteiger partial charge is 0.372 e. The molecule has 178 valence electrons. The van der Waals surface area contributed by atoms with Gasteiger partial charge in [0.05, 0.1) is 11.4 Å². The topological polar surface area (TPSA) is 135 Å². The lowest BCUT2D eigenvalue weighted by Crippen LogP contribution is -2.40. The molecule has 0 aliphatic carbocycles. The van der Waals surface area contributed by atoms with Crippen LogP contribution in [0.2, 0.25) is 0 Å². The Kier molecular flexibility index (Phi) is 7.44. The van der Waals surface area contributed by atoms with Crippen LogP contribution in [0.3, 0.4) is 0 Å². The Bertz CT molecular complexity index is 1190. The number of amides is 3. The quantitative estimate of drug-likeness (QED) is 0.154. The first-order valence-electron chi connectivity index (χ1n) is 11.5. The molecule has 0 unspecified atom stereocenters. The Morgan fingerprint density at radius 1 is 0.941 bits per heavy atom. The first-order valence-corrected chi connectivity index (χ1v) is 11.5. The van der Waals surface area contributed by atoms with Crippen LogP contribution in [-0.4, -0.2) is 34.0 Å². The molecule has 0 radical (unpaired) electrons. The van der Waals surface area contributed by atoms with Crippen LogP contribution in [0.25, 0.3) is 10.9 Å². The van der Waals surface area contributed by atoms with Gasteiger partial charge in [-0.25, -0.2) is 5.48 Å².